The summed E-state index contributed by atoms with van der Waals surface area (Å²) < 4.78 is 13.5. The first kappa shape index (κ1) is 16.4. The van der Waals surface area contributed by atoms with Crippen LogP contribution in [0.3, 0.4) is 0 Å². The van der Waals surface area contributed by atoms with Crippen molar-refractivity contribution in [3.8, 4) is 0 Å². The van der Waals surface area contributed by atoms with Gasteiger partial charge in [-0.2, -0.15) is 0 Å². The number of anilines is 2. The molecule has 0 aliphatic rings. The van der Waals surface area contributed by atoms with Crippen molar-refractivity contribution in [1.82, 2.24) is 4.90 Å². The molecule has 0 aliphatic carbocycles. The lowest BCUT2D eigenvalue weighted by molar-refractivity contribution is -0.117. The second-order valence-corrected chi connectivity index (χ2v) is 4.93. The molecule has 0 saturated heterocycles. The number of rotatable bonds is 7. The van der Waals surface area contributed by atoms with Gasteiger partial charge in [0.15, 0.2) is 0 Å². The van der Waals surface area contributed by atoms with Crippen molar-refractivity contribution in [3.05, 3.63) is 24.0 Å². The first-order valence-corrected chi connectivity index (χ1v) is 6.63. The van der Waals surface area contributed by atoms with Crippen molar-refractivity contribution in [2.24, 2.45) is 0 Å². The van der Waals surface area contributed by atoms with E-state index in [1.807, 2.05) is 18.7 Å². The summed E-state index contributed by atoms with van der Waals surface area (Å²) in [4.78, 5) is 13.8. The Kier molecular flexibility index (Phi) is 6.41. The zero-order valence-electron chi connectivity index (χ0n) is 11.9. The van der Waals surface area contributed by atoms with E-state index in [-0.39, 0.29) is 30.8 Å². The molecular weight excluding hydrogens is 261 g/mol. The first-order chi connectivity index (χ1) is 9.43. The number of carbonyl (C=O) groups excluding carboxylic acids is 1. The minimum atomic E-state index is -0.515. The minimum absolute atomic E-state index is 0.0781. The predicted octanol–water partition coefficient (Wildman–Crippen LogP) is 1.44. The van der Waals surface area contributed by atoms with E-state index in [0.717, 1.165) is 0 Å². The number of benzene rings is 1. The standard InChI is InChI=1S/C14H22FN3O2/c1-10(2)18(6-3-7-19)9-14(20)17-13-8-11(16)4-5-12(13)15/h4-5,8,10,19H,3,6-7,9,16H2,1-2H3,(H,17,20). The van der Waals surface area contributed by atoms with E-state index in [1.54, 1.807) is 0 Å². The van der Waals surface area contributed by atoms with Crippen LogP contribution in [-0.4, -0.2) is 41.7 Å². The molecule has 20 heavy (non-hydrogen) atoms. The number of hydrogen-bond acceptors (Lipinski definition) is 4. The Hall–Kier alpha value is -1.66. The summed E-state index contributed by atoms with van der Waals surface area (Å²) in [6.45, 7) is 4.76. The van der Waals surface area contributed by atoms with Crippen LogP contribution in [0.15, 0.2) is 18.2 Å². The third-order valence-corrected chi connectivity index (χ3v) is 2.94. The van der Waals surface area contributed by atoms with Crippen LogP contribution in [0.25, 0.3) is 0 Å². The summed E-state index contributed by atoms with van der Waals surface area (Å²) in [6, 6.07) is 4.21. The Balaban J connectivity index is 2.63. The number of halogens is 1. The van der Waals surface area contributed by atoms with Crippen molar-refractivity contribution >= 4 is 17.3 Å². The molecule has 6 heteroatoms. The summed E-state index contributed by atoms with van der Waals surface area (Å²) in [5, 5.41) is 11.4. The topological polar surface area (TPSA) is 78.6 Å². The van der Waals surface area contributed by atoms with E-state index < -0.39 is 5.82 Å². The Morgan fingerprint density at radius 2 is 2.20 bits per heavy atom. The van der Waals surface area contributed by atoms with Crippen LogP contribution in [0, 0.1) is 5.82 Å². The van der Waals surface area contributed by atoms with Gasteiger partial charge in [-0.25, -0.2) is 4.39 Å². The molecule has 1 rings (SSSR count). The monoisotopic (exact) mass is 283 g/mol. The summed E-state index contributed by atoms with van der Waals surface area (Å²) in [5.41, 5.74) is 6.04. The number of carbonyl (C=O) groups is 1. The average molecular weight is 283 g/mol. The molecule has 0 atom stereocenters. The molecule has 1 aromatic rings. The maximum atomic E-state index is 13.5. The smallest absolute Gasteiger partial charge is 0.238 e. The van der Waals surface area contributed by atoms with Crippen LogP contribution >= 0.6 is 0 Å². The molecule has 0 spiro atoms. The van der Waals surface area contributed by atoms with Crippen LogP contribution in [0.5, 0.6) is 0 Å². The molecule has 0 unspecified atom stereocenters. The Morgan fingerprint density at radius 1 is 1.50 bits per heavy atom. The van der Waals surface area contributed by atoms with Crippen molar-refractivity contribution in [2.75, 3.05) is 30.7 Å². The normalized spacial score (nSPS) is 11.1. The van der Waals surface area contributed by atoms with Gasteiger partial charge in [0.1, 0.15) is 5.82 Å². The number of nitrogens with two attached hydrogens (primary N) is 1. The van der Waals surface area contributed by atoms with Crippen LogP contribution in [0.2, 0.25) is 0 Å². The molecule has 0 heterocycles. The van der Waals surface area contributed by atoms with Gasteiger partial charge in [0.05, 0.1) is 12.2 Å². The van der Waals surface area contributed by atoms with Crippen molar-refractivity contribution in [2.45, 2.75) is 26.3 Å². The van der Waals surface area contributed by atoms with E-state index in [9.17, 15) is 9.18 Å². The molecule has 0 radical (unpaired) electrons. The zero-order valence-corrected chi connectivity index (χ0v) is 11.9. The van der Waals surface area contributed by atoms with Crippen LogP contribution in [-0.2, 0) is 4.79 Å². The van der Waals surface area contributed by atoms with Gasteiger partial charge in [0, 0.05) is 24.9 Å². The molecular formula is C14H22FN3O2. The molecule has 1 amide bonds. The number of nitrogen functional groups attached to an aromatic ring is 1. The number of aliphatic hydroxyl groups is 1. The van der Waals surface area contributed by atoms with Crippen molar-refractivity contribution < 1.29 is 14.3 Å². The van der Waals surface area contributed by atoms with E-state index in [2.05, 4.69) is 5.32 Å². The second kappa shape index (κ2) is 7.81. The molecule has 1 aromatic carbocycles. The highest BCUT2D eigenvalue weighted by molar-refractivity contribution is 5.92. The van der Waals surface area contributed by atoms with E-state index in [1.165, 1.54) is 18.2 Å². The van der Waals surface area contributed by atoms with Crippen LogP contribution in [0.1, 0.15) is 20.3 Å². The maximum Gasteiger partial charge on any atom is 0.238 e. The molecule has 0 fully saturated rings. The van der Waals surface area contributed by atoms with E-state index in [0.29, 0.717) is 18.7 Å². The second-order valence-electron chi connectivity index (χ2n) is 4.93. The van der Waals surface area contributed by atoms with Gasteiger partial charge in [0.25, 0.3) is 0 Å². The van der Waals surface area contributed by atoms with Crippen LogP contribution in [0.4, 0.5) is 15.8 Å². The van der Waals surface area contributed by atoms with Gasteiger partial charge in [-0.15, -0.1) is 0 Å². The number of aliphatic hydroxyl groups excluding tert-OH is 1. The predicted molar refractivity (Wildman–Crippen MR) is 77.9 cm³/mol. The third-order valence-electron chi connectivity index (χ3n) is 2.94. The van der Waals surface area contributed by atoms with Gasteiger partial charge in [0.2, 0.25) is 5.91 Å². The van der Waals surface area contributed by atoms with Gasteiger partial charge in [-0.05, 0) is 38.5 Å². The molecule has 0 saturated carbocycles. The molecule has 0 aromatic heterocycles. The lowest BCUT2D eigenvalue weighted by Gasteiger charge is -2.25. The zero-order chi connectivity index (χ0) is 15.1. The van der Waals surface area contributed by atoms with Gasteiger partial charge < -0.3 is 16.2 Å². The van der Waals surface area contributed by atoms with Crippen molar-refractivity contribution in [1.29, 1.82) is 0 Å². The molecule has 5 nitrogen and oxygen atoms in total. The highest BCUT2D eigenvalue weighted by Crippen LogP contribution is 2.17. The molecule has 4 N–H and O–H groups in total. The molecule has 0 aliphatic heterocycles. The fraction of sp³-hybridized carbons (Fsp3) is 0.500. The maximum absolute atomic E-state index is 13.5. The summed E-state index contributed by atoms with van der Waals surface area (Å²) in [6.07, 6.45) is 0.595. The average Bonchev–Trinajstić information content (AvgIpc) is 2.38. The number of hydrogen-bond donors (Lipinski definition) is 3. The lowest BCUT2D eigenvalue weighted by atomic mass is 10.2. The van der Waals surface area contributed by atoms with Gasteiger partial charge in [-0.3, -0.25) is 9.69 Å². The Labute approximate surface area is 118 Å². The van der Waals surface area contributed by atoms with E-state index in [4.69, 9.17) is 10.8 Å². The highest BCUT2D eigenvalue weighted by atomic mass is 19.1. The van der Waals surface area contributed by atoms with E-state index >= 15 is 0 Å². The summed E-state index contributed by atoms with van der Waals surface area (Å²) in [5.74, 6) is -0.819. The number of amides is 1. The quantitative estimate of drug-likeness (QED) is 0.662. The minimum Gasteiger partial charge on any atom is -0.399 e. The fourth-order valence-electron chi connectivity index (χ4n) is 1.81. The van der Waals surface area contributed by atoms with Crippen LogP contribution < -0.4 is 11.1 Å². The van der Waals surface area contributed by atoms with Gasteiger partial charge in [-0.1, -0.05) is 0 Å². The van der Waals surface area contributed by atoms with Gasteiger partial charge >= 0.3 is 0 Å². The molecule has 0 bridgehead atoms. The highest BCUT2D eigenvalue weighted by Gasteiger charge is 2.15. The summed E-state index contributed by atoms with van der Waals surface area (Å²) >= 11 is 0. The summed E-state index contributed by atoms with van der Waals surface area (Å²) in [7, 11) is 0. The largest absolute Gasteiger partial charge is 0.399 e. The Morgan fingerprint density at radius 3 is 2.80 bits per heavy atom. The lowest BCUT2D eigenvalue weighted by Crippen LogP contribution is -2.39. The Bertz CT molecular complexity index is 452. The fourth-order valence-corrected chi connectivity index (χ4v) is 1.81. The molecule has 112 valence electrons. The van der Waals surface area contributed by atoms with Crippen molar-refractivity contribution in [3.63, 3.8) is 0 Å². The number of nitrogens with one attached hydrogen (secondary N) is 1. The first-order valence-electron chi connectivity index (χ1n) is 6.63. The number of nitrogens with zero attached hydrogens (tertiary/aromatic N) is 1. The SMILES string of the molecule is CC(C)N(CCCO)CC(=O)Nc1cc(N)ccc1F. The third kappa shape index (κ3) is 5.14.